The fourth-order valence-corrected chi connectivity index (χ4v) is 4.28. The lowest BCUT2D eigenvalue weighted by atomic mass is 10.1. The van der Waals surface area contributed by atoms with Crippen LogP contribution >= 0.6 is 11.3 Å². The van der Waals surface area contributed by atoms with Gasteiger partial charge in [-0.2, -0.15) is 0 Å². The maximum atomic E-state index is 6.27. The number of hydrogen-bond donors (Lipinski definition) is 1. The van der Waals surface area contributed by atoms with Gasteiger partial charge in [0.1, 0.15) is 0 Å². The molecule has 0 bridgehead atoms. The number of morpholine rings is 1. The average molecular weight is 318 g/mol. The van der Waals surface area contributed by atoms with Crippen LogP contribution in [0.3, 0.4) is 0 Å². The van der Waals surface area contributed by atoms with Gasteiger partial charge >= 0.3 is 0 Å². The molecule has 0 atom stereocenters. The number of nitrogens with zero attached hydrogens (tertiary/aromatic N) is 3. The van der Waals surface area contributed by atoms with E-state index in [1.165, 1.54) is 36.2 Å². The smallest absolute Gasteiger partial charge is 0.186 e. The minimum atomic E-state index is 0.790. The summed E-state index contributed by atoms with van der Waals surface area (Å²) >= 11 is 1.74. The second-order valence-electron chi connectivity index (χ2n) is 6.10. The second-order valence-corrected chi connectivity index (χ2v) is 7.11. The predicted molar refractivity (Wildman–Crippen MR) is 91.6 cm³/mol. The molecule has 2 fully saturated rings. The third-order valence-corrected chi connectivity index (χ3v) is 5.59. The molecule has 1 aromatic carbocycles. The fourth-order valence-electron chi connectivity index (χ4n) is 3.23. The molecular formula is C16H22N4OS. The normalized spacial score (nSPS) is 20.1. The van der Waals surface area contributed by atoms with Crippen molar-refractivity contribution in [3.8, 4) is 0 Å². The Bertz CT molecular complexity index is 659. The number of benzene rings is 1. The summed E-state index contributed by atoms with van der Waals surface area (Å²) in [5.41, 5.74) is 9.47. The lowest BCUT2D eigenvalue weighted by Crippen LogP contribution is -2.36. The lowest BCUT2D eigenvalue weighted by Gasteiger charge is -2.25. The highest BCUT2D eigenvalue weighted by molar-refractivity contribution is 7.22. The van der Waals surface area contributed by atoms with Crippen molar-refractivity contribution in [3.63, 3.8) is 0 Å². The van der Waals surface area contributed by atoms with Gasteiger partial charge in [-0.15, -0.1) is 0 Å². The van der Waals surface area contributed by atoms with Crippen LogP contribution in [-0.2, 0) is 11.3 Å². The van der Waals surface area contributed by atoms with Gasteiger partial charge in [0.2, 0.25) is 0 Å². The van der Waals surface area contributed by atoms with Gasteiger partial charge in [-0.3, -0.25) is 4.90 Å². The Morgan fingerprint density at radius 2 is 1.91 bits per heavy atom. The Labute approximate surface area is 134 Å². The molecule has 4 rings (SSSR count). The third kappa shape index (κ3) is 2.78. The molecule has 2 saturated heterocycles. The molecule has 5 nitrogen and oxygen atoms in total. The summed E-state index contributed by atoms with van der Waals surface area (Å²) in [4.78, 5) is 9.62. The van der Waals surface area contributed by atoms with E-state index in [0.717, 1.165) is 49.2 Å². The monoisotopic (exact) mass is 318 g/mol. The van der Waals surface area contributed by atoms with Crippen molar-refractivity contribution in [2.75, 3.05) is 50.0 Å². The summed E-state index contributed by atoms with van der Waals surface area (Å²) in [5.74, 6) is 0. The Hall–Kier alpha value is -1.37. The number of thiazole rings is 1. The van der Waals surface area contributed by atoms with Gasteiger partial charge in [-0.05, 0) is 43.6 Å². The minimum Gasteiger partial charge on any atom is -0.398 e. The SMILES string of the molecule is Nc1cc2sc(N3CCOCC3)nc2cc1CN1CCCC1. The predicted octanol–water partition coefficient (Wildman–Crippen LogP) is 2.31. The number of anilines is 2. The summed E-state index contributed by atoms with van der Waals surface area (Å²) in [7, 11) is 0. The van der Waals surface area contributed by atoms with Crippen LogP contribution in [0.1, 0.15) is 18.4 Å². The zero-order chi connectivity index (χ0) is 14.9. The van der Waals surface area contributed by atoms with Crippen LogP contribution in [0.4, 0.5) is 10.8 Å². The zero-order valence-corrected chi connectivity index (χ0v) is 13.6. The van der Waals surface area contributed by atoms with Crippen molar-refractivity contribution in [2.45, 2.75) is 19.4 Å². The highest BCUT2D eigenvalue weighted by Crippen LogP contribution is 2.32. The summed E-state index contributed by atoms with van der Waals surface area (Å²) < 4.78 is 6.60. The summed E-state index contributed by atoms with van der Waals surface area (Å²) in [6, 6.07) is 4.28. The number of aromatic nitrogens is 1. The van der Waals surface area contributed by atoms with Crippen molar-refractivity contribution in [1.29, 1.82) is 0 Å². The molecular weight excluding hydrogens is 296 g/mol. The van der Waals surface area contributed by atoms with Gasteiger partial charge < -0.3 is 15.4 Å². The van der Waals surface area contributed by atoms with Gasteiger partial charge in [0.25, 0.3) is 0 Å². The van der Waals surface area contributed by atoms with Crippen molar-refractivity contribution in [1.82, 2.24) is 9.88 Å². The van der Waals surface area contributed by atoms with E-state index < -0.39 is 0 Å². The Morgan fingerprint density at radius 3 is 2.68 bits per heavy atom. The van der Waals surface area contributed by atoms with Crippen LogP contribution in [0.5, 0.6) is 0 Å². The molecule has 0 spiro atoms. The first-order chi connectivity index (χ1) is 10.8. The molecule has 2 N–H and O–H groups in total. The first kappa shape index (κ1) is 14.2. The Kier molecular flexibility index (Phi) is 3.90. The first-order valence-corrected chi connectivity index (χ1v) is 8.85. The Morgan fingerprint density at radius 1 is 1.14 bits per heavy atom. The van der Waals surface area contributed by atoms with Crippen LogP contribution in [0.2, 0.25) is 0 Å². The lowest BCUT2D eigenvalue weighted by molar-refractivity contribution is 0.122. The molecule has 3 heterocycles. The van der Waals surface area contributed by atoms with Crippen molar-refractivity contribution >= 4 is 32.4 Å². The fraction of sp³-hybridized carbons (Fsp3) is 0.562. The maximum absolute atomic E-state index is 6.27. The van der Waals surface area contributed by atoms with Gasteiger partial charge in [-0.1, -0.05) is 11.3 Å². The molecule has 6 heteroatoms. The molecule has 0 amide bonds. The topological polar surface area (TPSA) is 54.6 Å². The number of rotatable bonds is 3. The van der Waals surface area contributed by atoms with E-state index in [0.29, 0.717) is 0 Å². The van der Waals surface area contributed by atoms with E-state index in [1.54, 1.807) is 11.3 Å². The van der Waals surface area contributed by atoms with Gasteiger partial charge in [0.15, 0.2) is 5.13 Å². The van der Waals surface area contributed by atoms with Crippen LogP contribution in [0.15, 0.2) is 12.1 Å². The molecule has 0 saturated carbocycles. The number of ether oxygens (including phenoxy) is 1. The third-order valence-electron chi connectivity index (χ3n) is 4.51. The molecule has 118 valence electrons. The highest BCUT2D eigenvalue weighted by Gasteiger charge is 2.18. The van der Waals surface area contributed by atoms with E-state index in [9.17, 15) is 0 Å². The van der Waals surface area contributed by atoms with Crippen molar-refractivity contribution in [2.24, 2.45) is 0 Å². The number of likely N-dealkylation sites (tertiary alicyclic amines) is 1. The summed E-state index contributed by atoms with van der Waals surface area (Å²) in [5, 5.41) is 1.09. The standard InChI is InChI=1S/C16H22N4OS/c17-13-10-15-14(9-12(13)11-19-3-1-2-4-19)18-16(22-15)20-5-7-21-8-6-20/h9-10H,1-8,11,17H2. The summed E-state index contributed by atoms with van der Waals surface area (Å²) in [6.07, 6.45) is 2.61. The zero-order valence-electron chi connectivity index (χ0n) is 12.8. The first-order valence-electron chi connectivity index (χ1n) is 8.03. The quantitative estimate of drug-likeness (QED) is 0.880. The largest absolute Gasteiger partial charge is 0.398 e. The average Bonchev–Trinajstić information content (AvgIpc) is 3.18. The molecule has 2 aliphatic heterocycles. The van der Waals surface area contributed by atoms with E-state index >= 15 is 0 Å². The number of nitrogens with two attached hydrogens (primary N) is 1. The Balaban J connectivity index is 1.61. The van der Waals surface area contributed by atoms with Crippen LogP contribution in [0.25, 0.3) is 10.2 Å². The number of fused-ring (bicyclic) bond motifs is 1. The van der Waals surface area contributed by atoms with E-state index in [-0.39, 0.29) is 0 Å². The maximum Gasteiger partial charge on any atom is 0.186 e. The van der Waals surface area contributed by atoms with Gasteiger partial charge in [-0.25, -0.2) is 4.98 Å². The molecule has 0 aliphatic carbocycles. The second kappa shape index (κ2) is 6.02. The molecule has 22 heavy (non-hydrogen) atoms. The van der Waals surface area contributed by atoms with Crippen molar-refractivity contribution in [3.05, 3.63) is 17.7 Å². The van der Waals surface area contributed by atoms with Gasteiger partial charge in [0, 0.05) is 25.3 Å². The van der Waals surface area contributed by atoms with E-state index in [4.69, 9.17) is 15.5 Å². The number of nitrogen functional groups attached to an aromatic ring is 1. The highest BCUT2D eigenvalue weighted by atomic mass is 32.1. The molecule has 1 aromatic heterocycles. The van der Waals surface area contributed by atoms with Gasteiger partial charge in [0.05, 0.1) is 23.4 Å². The van der Waals surface area contributed by atoms with Crippen LogP contribution < -0.4 is 10.6 Å². The summed E-state index contributed by atoms with van der Waals surface area (Å²) in [6.45, 7) is 6.76. The number of hydrogen-bond acceptors (Lipinski definition) is 6. The van der Waals surface area contributed by atoms with Crippen LogP contribution in [0, 0.1) is 0 Å². The minimum absolute atomic E-state index is 0.790. The molecule has 0 radical (unpaired) electrons. The molecule has 2 aromatic rings. The van der Waals surface area contributed by atoms with Crippen LogP contribution in [-0.4, -0.2) is 49.3 Å². The van der Waals surface area contributed by atoms with E-state index in [2.05, 4.69) is 21.9 Å². The van der Waals surface area contributed by atoms with Crippen molar-refractivity contribution < 1.29 is 4.74 Å². The van der Waals surface area contributed by atoms with E-state index in [1.807, 2.05) is 0 Å². The molecule has 0 unspecified atom stereocenters. The molecule has 2 aliphatic rings.